The Kier molecular flexibility index (Phi) is 4.75. The molecule has 1 aliphatic rings. The molecule has 0 amide bonds. The van der Waals surface area contributed by atoms with E-state index in [1.54, 1.807) is 7.11 Å². The fourth-order valence-corrected chi connectivity index (χ4v) is 3.65. The minimum atomic E-state index is 0.199. The van der Waals surface area contributed by atoms with E-state index in [1.165, 1.54) is 31.5 Å². The van der Waals surface area contributed by atoms with Crippen LogP contribution in [0, 0.1) is 0 Å². The van der Waals surface area contributed by atoms with Gasteiger partial charge in [-0.05, 0) is 49.7 Å². The summed E-state index contributed by atoms with van der Waals surface area (Å²) in [6.45, 7) is 3.33. The van der Waals surface area contributed by atoms with Crippen molar-refractivity contribution in [3.8, 4) is 5.75 Å². The van der Waals surface area contributed by atoms with E-state index in [-0.39, 0.29) is 6.04 Å². The van der Waals surface area contributed by atoms with E-state index in [9.17, 15) is 0 Å². The van der Waals surface area contributed by atoms with Gasteiger partial charge in [-0.1, -0.05) is 12.1 Å². The molecule has 136 valence electrons. The summed E-state index contributed by atoms with van der Waals surface area (Å²) in [6, 6.07) is 10.6. The van der Waals surface area contributed by atoms with Crippen LogP contribution in [-0.2, 0) is 7.05 Å². The Morgan fingerprint density at radius 2 is 1.92 bits per heavy atom. The van der Waals surface area contributed by atoms with Crippen molar-refractivity contribution in [2.75, 3.05) is 32.1 Å². The third kappa shape index (κ3) is 3.37. The summed E-state index contributed by atoms with van der Waals surface area (Å²) in [5, 5.41) is 9.14. The molecule has 1 saturated heterocycles. The number of aromatic nitrogens is 3. The van der Waals surface area contributed by atoms with Crippen molar-refractivity contribution in [2.24, 2.45) is 7.05 Å². The standard InChI is InChI=1S/C20H25N5O/c1-24-20-17(13-22-24)18(9-10-21-20)23-19(14-25-11-3-4-12-25)15-5-7-16(26-2)8-6-15/h5-10,13,19H,3-4,11-12,14H2,1-2H3,(H,21,23). The topological polar surface area (TPSA) is 55.2 Å². The minimum Gasteiger partial charge on any atom is -0.497 e. The van der Waals surface area contributed by atoms with Gasteiger partial charge in [-0.3, -0.25) is 4.68 Å². The third-order valence-electron chi connectivity index (χ3n) is 5.12. The van der Waals surface area contributed by atoms with Crippen LogP contribution in [0.1, 0.15) is 24.4 Å². The second kappa shape index (κ2) is 7.33. The Bertz CT molecular complexity index is 868. The Balaban J connectivity index is 1.64. The molecule has 1 fully saturated rings. The number of hydrogen-bond donors (Lipinski definition) is 1. The van der Waals surface area contributed by atoms with Crippen molar-refractivity contribution in [1.82, 2.24) is 19.7 Å². The number of rotatable bonds is 6. The highest BCUT2D eigenvalue weighted by atomic mass is 16.5. The maximum absolute atomic E-state index is 5.31. The molecular weight excluding hydrogens is 326 g/mol. The van der Waals surface area contributed by atoms with E-state index in [1.807, 2.05) is 42.3 Å². The summed E-state index contributed by atoms with van der Waals surface area (Å²) in [5.74, 6) is 0.882. The lowest BCUT2D eigenvalue weighted by atomic mass is 10.1. The van der Waals surface area contributed by atoms with Crippen LogP contribution in [0.25, 0.3) is 11.0 Å². The summed E-state index contributed by atoms with van der Waals surface area (Å²) in [7, 11) is 3.62. The predicted molar refractivity (Wildman–Crippen MR) is 104 cm³/mol. The Morgan fingerprint density at radius 1 is 1.15 bits per heavy atom. The van der Waals surface area contributed by atoms with E-state index in [2.05, 4.69) is 32.4 Å². The van der Waals surface area contributed by atoms with E-state index in [0.29, 0.717) is 0 Å². The second-order valence-corrected chi connectivity index (χ2v) is 6.84. The zero-order valence-corrected chi connectivity index (χ0v) is 15.4. The summed E-state index contributed by atoms with van der Waals surface area (Å²) in [5.41, 5.74) is 3.22. The van der Waals surface area contributed by atoms with Crippen LogP contribution < -0.4 is 10.1 Å². The molecule has 4 rings (SSSR count). The molecule has 0 radical (unpaired) electrons. The molecule has 3 aromatic rings. The van der Waals surface area contributed by atoms with Gasteiger partial charge in [0.2, 0.25) is 0 Å². The van der Waals surface area contributed by atoms with Gasteiger partial charge in [-0.2, -0.15) is 5.10 Å². The average Bonchev–Trinajstić information content (AvgIpc) is 3.32. The molecule has 3 heterocycles. The van der Waals surface area contributed by atoms with Crippen molar-refractivity contribution < 1.29 is 4.74 Å². The van der Waals surface area contributed by atoms with Crippen molar-refractivity contribution in [2.45, 2.75) is 18.9 Å². The number of hydrogen-bond acceptors (Lipinski definition) is 5. The SMILES string of the molecule is COc1ccc(C(CN2CCCC2)Nc2ccnc3c2cnn3C)cc1. The summed E-state index contributed by atoms with van der Waals surface area (Å²) in [4.78, 5) is 6.97. The van der Waals surface area contributed by atoms with Crippen molar-refractivity contribution in [3.63, 3.8) is 0 Å². The van der Waals surface area contributed by atoms with E-state index in [0.717, 1.165) is 29.0 Å². The first-order valence-corrected chi connectivity index (χ1v) is 9.14. The van der Waals surface area contributed by atoms with Crippen LogP contribution in [0.5, 0.6) is 5.75 Å². The molecule has 0 saturated carbocycles. The van der Waals surface area contributed by atoms with E-state index < -0.39 is 0 Å². The number of fused-ring (bicyclic) bond motifs is 1. The number of pyridine rings is 1. The molecular formula is C20H25N5O. The predicted octanol–water partition coefficient (Wildman–Crippen LogP) is 3.23. The highest BCUT2D eigenvalue weighted by Crippen LogP contribution is 2.28. The fourth-order valence-electron chi connectivity index (χ4n) is 3.65. The van der Waals surface area contributed by atoms with Crippen LogP contribution in [0.15, 0.2) is 42.7 Å². The molecule has 0 spiro atoms. The molecule has 1 aromatic carbocycles. The third-order valence-corrected chi connectivity index (χ3v) is 5.12. The first-order valence-electron chi connectivity index (χ1n) is 9.14. The van der Waals surface area contributed by atoms with Gasteiger partial charge in [0.1, 0.15) is 5.75 Å². The van der Waals surface area contributed by atoms with Crippen LogP contribution in [0.2, 0.25) is 0 Å². The second-order valence-electron chi connectivity index (χ2n) is 6.84. The van der Waals surface area contributed by atoms with Crippen molar-refractivity contribution in [3.05, 3.63) is 48.3 Å². The molecule has 0 aliphatic carbocycles. The van der Waals surface area contributed by atoms with Gasteiger partial charge in [-0.15, -0.1) is 0 Å². The quantitative estimate of drug-likeness (QED) is 0.739. The van der Waals surface area contributed by atoms with Crippen LogP contribution in [-0.4, -0.2) is 46.4 Å². The highest BCUT2D eigenvalue weighted by molar-refractivity contribution is 5.88. The molecule has 1 atom stereocenters. The number of aryl methyl sites for hydroxylation is 1. The van der Waals surface area contributed by atoms with Crippen LogP contribution >= 0.6 is 0 Å². The number of nitrogens with zero attached hydrogens (tertiary/aromatic N) is 4. The first-order chi connectivity index (χ1) is 12.7. The smallest absolute Gasteiger partial charge is 0.159 e. The lowest BCUT2D eigenvalue weighted by Crippen LogP contribution is -2.29. The van der Waals surface area contributed by atoms with Gasteiger partial charge in [0, 0.05) is 25.5 Å². The fraction of sp³-hybridized carbons (Fsp3) is 0.400. The molecule has 6 nitrogen and oxygen atoms in total. The largest absolute Gasteiger partial charge is 0.497 e. The van der Waals surface area contributed by atoms with Crippen LogP contribution in [0.4, 0.5) is 5.69 Å². The first kappa shape index (κ1) is 16.8. The van der Waals surface area contributed by atoms with Gasteiger partial charge in [-0.25, -0.2) is 4.98 Å². The Morgan fingerprint density at radius 3 is 2.65 bits per heavy atom. The molecule has 0 bridgehead atoms. The molecule has 2 aromatic heterocycles. The van der Waals surface area contributed by atoms with Gasteiger partial charge >= 0.3 is 0 Å². The number of nitrogens with one attached hydrogen (secondary N) is 1. The highest BCUT2D eigenvalue weighted by Gasteiger charge is 2.20. The number of anilines is 1. The lowest BCUT2D eigenvalue weighted by molar-refractivity contribution is 0.323. The van der Waals surface area contributed by atoms with Crippen molar-refractivity contribution in [1.29, 1.82) is 0 Å². The number of ether oxygens (including phenoxy) is 1. The lowest BCUT2D eigenvalue weighted by Gasteiger charge is -2.26. The maximum atomic E-state index is 5.31. The molecule has 1 aliphatic heterocycles. The molecule has 26 heavy (non-hydrogen) atoms. The monoisotopic (exact) mass is 351 g/mol. The number of benzene rings is 1. The summed E-state index contributed by atoms with van der Waals surface area (Å²) in [6.07, 6.45) is 6.30. The minimum absolute atomic E-state index is 0.199. The van der Waals surface area contributed by atoms with Gasteiger partial charge in [0.15, 0.2) is 5.65 Å². The zero-order chi connectivity index (χ0) is 17.9. The van der Waals surface area contributed by atoms with E-state index >= 15 is 0 Å². The van der Waals surface area contributed by atoms with Gasteiger partial charge in [0.25, 0.3) is 0 Å². The number of methoxy groups -OCH3 is 1. The normalized spacial score (nSPS) is 16.1. The van der Waals surface area contributed by atoms with Crippen molar-refractivity contribution >= 4 is 16.7 Å². The Labute approximate surface area is 153 Å². The molecule has 1 N–H and O–H groups in total. The number of likely N-dealkylation sites (tertiary alicyclic amines) is 1. The zero-order valence-electron chi connectivity index (χ0n) is 15.4. The summed E-state index contributed by atoms with van der Waals surface area (Å²) >= 11 is 0. The van der Waals surface area contributed by atoms with Gasteiger partial charge < -0.3 is 15.0 Å². The molecule has 1 unspecified atom stereocenters. The average molecular weight is 351 g/mol. The van der Waals surface area contributed by atoms with Crippen LogP contribution in [0.3, 0.4) is 0 Å². The molecule has 6 heteroatoms. The van der Waals surface area contributed by atoms with Gasteiger partial charge in [0.05, 0.1) is 24.7 Å². The maximum Gasteiger partial charge on any atom is 0.159 e. The summed E-state index contributed by atoms with van der Waals surface area (Å²) < 4.78 is 7.12. The Hall–Kier alpha value is -2.60. The van der Waals surface area contributed by atoms with E-state index in [4.69, 9.17) is 4.74 Å².